The minimum atomic E-state index is 0.281. The number of ether oxygens (including phenoxy) is 1. The van der Waals surface area contributed by atoms with E-state index in [9.17, 15) is 0 Å². The first kappa shape index (κ1) is 14.0. The molecule has 1 N–H and O–H groups in total. The topological polar surface area (TPSA) is 21.3 Å². The van der Waals surface area contributed by atoms with Crippen LogP contribution in [0.4, 0.5) is 0 Å². The molecule has 0 saturated heterocycles. The molecule has 0 aliphatic carbocycles. The van der Waals surface area contributed by atoms with Crippen molar-refractivity contribution in [1.82, 2.24) is 5.32 Å². The van der Waals surface area contributed by atoms with E-state index in [1.54, 1.807) is 0 Å². The number of hydrogen-bond donors (Lipinski definition) is 1. The first-order valence-electron chi connectivity index (χ1n) is 6.96. The maximum absolute atomic E-state index is 5.72. The summed E-state index contributed by atoms with van der Waals surface area (Å²) in [6.07, 6.45) is 1.27. The van der Waals surface area contributed by atoms with Crippen LogP contribution in [-0.2, 0) is 11.2 Å². The molecule has 19 heavy (non-hydrogen) atoms. The molecular weight excluding hydrogens is 234 g/mol. The summed E-state index contributed by atoms with van der Waals surface area (Å²) >= 11 is 0. The maximum Gasteiger partial charge on any atom is 0.0626 e. The van der Waals surface area contributed by atoms with Crippen molar-refractivity contribution in [2.24, 2.45) is 0 Å². The zero-order valence-electron chi connectivity index (χ0n) is 12.0. The molecule has 2 aromatic rings. The highest BCUT2D eigenvalue weighted by Crippen LogP contribution is 2.19. The molecule has 0 spiro atoms. The molecule has 102 valence electrons. The van der Waals surface area contributed by atoms with Crippen LogP contribution in [0.2, 0.25) is 0 Å². The minimum Gasteiger partial charge on any atom is -0.377 e. The first-order chi connectivity index (χ1) is 9.20. The van der Waals surface area contributed by atoms with Crippen LogP contribution in [0, 0.1) is 0 Å². The van der Waals surface area contributed by atoms with Crippen molar-refractivity contribution in [3.63, 3.8) is 0 Å². The molecule has 2 nitrogen and oxygen atoms in total. The average Bonchev–Trinajstić information content (AvgIpc) is 2.43. The van der Waals surface area contributed by atoms with Gasteiger partial charge in [-0.3, -0.25) is 0 Å². The number of benzene rings is 2. The average molecular weight is 257 g/mol. The normalized spacial score (nSPS) is 13.1. The van der Waals surface area contributed by atoms with Crippen LogP contribution in [0.25, 0.3) is 10.8 Å². The molecule has 0 aliphatic rings. The van der Waals surface area contributed by atoms with E-state index in [1.165, 1.54) is 16.3 Å². The maximum atomic E-state index is 5.72. The monoisotopic (exact) mass is 257 g/mol. The largest absolute Gasteiger partial charge is 0.377 e. The van der Waals surface area contributed by atoms with Gasteiger partial charge in [-0.05, 0) is 43.7 Å². The fourth-order valence-corrected chi connectivity index (χ4v) is 2.29. The Bertz CT molecular complexity index is 516. The second-order valence-corrected chi connectivity index (χ2v) is 5.21. The SMILES string of the molecule is CNC(COC(C)C)Cc1cccc2ccccc12. The highest BCUT2D eigenvalue weighted by Gasteiger charge is 2.10. The number of hydrogen-bond acceptors (Lipinski definition) is 2. The van der Waals surface area contributed by atoms with Gasteiger partial charge in [0.1, 0.15) is 0 Å². The highest BCUT2D eigenvalue weighted by molar-refractivity contribution is 5.85. The van der Waals surface area contributed by atoms with E-state index < -0.39 is 0 Å². The van der Waals surface area contributed by atoms with Crippen LogP contribution in [0.1, 0.15) is 19.4 Å². The predicted molar refractivity (Wildman–Crippen MR) is 81.6 cm³/mol. The van der Waals surface area contributed by atoms with Crippen molar-refractivity contribution in [1.29, 1.82) is 0 Å². The van der Waals surface area contributed by atoms with E-state index in [2.05, 4.69) is 61.6 Å². The molecule has 0 radical (unpaired) electrons. The molecule has 2 aromatic carbocycles. The first-order valence-corrected chi connectivity index (χ1v) is 6.96. The molecule has 1 unspecified atom stereocenters. The molecule has 0 saturated carbocycles. The van der Waals surface area contributed by atoms with Gasteiger partial charge in [-0.2, -0.15) is 0 Å². The van der Waals surface area contributed by atoms with Crippen LogP contribution in [-0.4, -0.2) is 25.8 Å². The molecule has 0 amide bonds. The van der Waals surface area contributed by atoms with Crippen LogP contribution in [0.3, 0.4) is 0 Å². The van der Waals surface area contributed by atoms with Crippen molar-refractivity contribution in [3.8, 4) is 0 Å². The van der Waals surface area contributed by atoms with Crippen molar-refractivity contribution in [2.75, 3.05) is 13.7 Å². The standard InChI is InChI=1S/C17H23NO/c1-13(2)19-12-16(18-3)11-15-9-6-8-14-7-4-5-10-17(14)15/h4-10,13,16,18H,11-12H2,1-3H3. The third-order valence-corrected chi connectivity index (χ3v) is 3.39. The Kier molecular flexibility index (Phi) is 4.94. The van der Waals surface area contributed by atoms with Gasteiger partial charge >= 0.3 is 0 Å². The molecule has 0 heterocycles. The highest BCUT2D eigenvalue weighted by atomic mass is 16.5. The van der Waals surface area contributed by atoms with Crippen molar-refractivity contribution in [3.05, 3.63) is 48.0 Å². The van der Waals surface area contributed by atoms with E-state index in [1.807, 2.05) is 7.05 Å². The van der Waals surface area contributed by atoms with Crippen LogP contribution < -0.4 is 5.32 Å². The van der Waals surface area contributed by atoms with Gasteiger partial charge in [0.05, 0.1) is 12.7 Å². The van der Waals surface area contributed by atoms with Crippen molar-refractivity contribution >= 4 is 10.8 Å². The summed E-state index contributed by atoms with van der Waals surface area (Å²) in [7, 11) is 2.00. The minimum absolute atomic E-state index is 0.281. The molecule has 2 heteroatoms. The lowest BCUT2D eigenvalue weighted by Crippen LogP contribution is -2.33. The molecule has 0 fully saturated rings. The van der Waals surface area contributed by atoms with Gasteiger partial charge in [0.2, 0.25) is 0 Å². The third kappa shape index (κ3) is 3.79. The lowest BCUT2D eigenvalue weighted by atomic mass is 9.99. The summed E-state index contributed by atoms with van der Waals surface area (Å²) in [6, 6.07) is 15.4. The number of likely N-dealkylation sites (N-methyl/N-ethyl adjacent to an activating group) is 1. The Hall–Kier alpha value is -1.38. The van der Waals surface area contributed by atoms with Gasteiger partial charge in [-0.15, -0.1) is 0 Å². The van der Waals surface area contributed by atoms with Gasteiger partial charge in [0.15, 0.2) is 0 Å². The van der Waals surface area contributed by atoms with E-state index in [0.717, 1.165) is 13.0 Å². The van der Waals surface area contributed by atoms with E-state index in [4.69, 9.17) is 4.74 Å². The lowest BCUT2D eigenvalue weighted by Gasteiger charge is -2.19. The fraction of sp³-hybridized carbons (Fsp3) is 0.412. The molecule has 0 aromatic heterocycles. The van der Waals surface area contributed by atoms with Gasteiger partial charge in [0, 0.05) is 6.04 Å². The second kappa shape index (κ2) is 6.69. The van der Waals surface area contributed by atoms with Crippen LogP contribution in [0.5, 0.6) is 0 Å². The Labute approximate surface area is 115 Å². The summed E-state index contributed by atoms with van der Waals surface area (Å²) in [4.78, 5) is 0. The zero-order chi connectivity index (χ0) is 13.7. The molecule has 0 bridgehead atoms. The van der Waals surface area contributed by atoms with E-state index in [0.29, 0.717) is 6.04 Å². The van der Waals surface area contributed by atoms with E-state index >= 15 is 0 Å². The Morgan fingerprint density at radius 1 is 1.05 bits per heavy atom. The summed E-state index contributed by atoms with van der Waals surface area (Å²) in [5, 5.41) is 5.99. The number of rotatable bonds is 6. The number of fused-ring (bicyclic) bond motifs is 1. The Balaban J connectivity index is 2.15. The fourth-order valence-electron chi connectivity index (χ4n) is 2.29. The Morgan fingerprint density at radius 2 is 1.79 bits per heavy atom. The van der Waals surface area contributed by atoms with Crippen molar-refractivity contribution in [2.45, 2.75) is 32.4 Å². The summed E-state index contributed by atoms with van der Waals surface area (Å²) in [6.45, 7) is 4.90. The molecular formula is C17H23NO. The van der Waals surface area contributed by atoms with Gasteiger partial charge in [-0.1, -0.05) is 42.5 Å². The van der Waals surface area contributed by atoms with Crippen LogP contribution >= 0.6 is 0 Å². The lowest BCUT2D eigenvalue weighted by molar-refractivity contribution is 0.0628. The molecule has 0 aliphatic heterocycles. The number of nitrogens with one attached hydrogen (secondary N) is 1. The van der Waals surface area contributed by atoms with E-state index in [-0.39, 0.29) is 6.10 Å². The Morgan fingerprint density at radius 3 is 2.53 bits per heavy atom. The summed E-state index contributed by atoms with van der Waals surface area (Å²) < 4.78 is 5.72. The summed E-state index contributed by atoms with van der Waals surface area (Å²) in [5.41, 5.74) is 1.38. The van der Waals surface area contributed by atoms with Gasteiger partial charge in [0.25, 0.3) is 0 Å². The third-order valence-electron chi connectivity index (χ3n) is 3.39. The summed E-state index contributed by atoms with van der Waals surface area (Å²) in [5.74, 6) is 0. The van der Waals surface area contributed by atoms with Gasteiger partial charge in [-0.25, -0.2) is 0 Å². The predicted octanol–water partition coefficient (Wildman–Crippen LogP) is 3.40. The van der Waals surface area contributed by atoms with Gasteiger partial charge < -0.3 is 10.1 Å². The molecule has 1 atom stereocenters. The zero-order valence-corrected chi connectivity index (χ0v) is 12.0. The molecule has 2 rings (SSSR count). The smallest absolute Gasteiger partial charge is 0.0626 e. The quantitative estimate of drug-likeness (QED) is 0.856. The van der Waals surface area contributed by atoms with Crippen molar-refractivity contribution < 1.29 is 4.74 Å². The second-order valence-electron chi connectivity index (χ2n) is 5.21. The van der Waals surface area contributed by atoms with Crippen LogP contribution in [0.15, 0.2) is 42.5 Å².